The molecule has 0 unspecified atom stereocenters. The first-order valence-electron chi connectivity index (χ1n) is 5.97. The highest BCUT2D eigenvalue weighted by molar-refractivity contribution is 7.13. The zero-order chi connectivity index (χ0) is 12.4. The molecule has 0 fully saturated rings. The monoisotopic (exact) mass is 258 g/mol. The van der Waals surface area contributed by atoms with Crippen LogP contribution >= 0.6 is 11.3 Å². The smallest absolute Gasteiger partial charge is 0.154 e. The average Bonchev–Trinajstić information content (AvgIpc) is 2.93. The van der Waals surface area contributed by atoms with E-state index in [4.69, 9.17) is 0 Å². The average molecular weight is 258 g/mol. The van der Waals surface area contributed by atoms with Crippen LogP contribution in [-0.2, 0) is 0 Å². The number of hydrogen-bond acceptors (Lipinski definition) is 5. The van der Waals surface area contributed by atoms with Gasteiger partial charge in [-0.3, -0.25) is 0 Å². The third-order valence-corrected chi connectivity index (χ3v) is 3.78. The summed E-state index contributed by atoms with van der Waals surface area (Å²) >= 11 is 1.60. The molecule has 0 spiro atoms. The summed E-state index contributed by atoms with van der Waals surface area (Å²) in [6.45, 7) is 3.07. The van der Waals surface area contributed by atoms with Gasteiger partial charge in [0, 0.05) is 42.1 Å². The highest BCUT2D eigenvalue weighted by atomic mass is 32.1. The van der Waals surface area contributed by atoms with Crippen LogP contribution in [0.1, 0.15) is 19.2 Å². The van der Waals surface area contributed by atoms with Crippen molar-refractivity contribution in [1.29, 1.82) is 0 Å². The maximum atomic E-state index is 4.45. The molecule has 1 aliphatic heterocycles. The van der Waals surface area contributed by atoms with Gasteiger partial charge in [0.25, 0.3) is 0 Å². The molecule has 0 amide bonds. The van der Waals surface area contributed by atoms with Gasteiger partial charge in [-0.1, -0.05) is 6.08 Å². The molecule has 4 nitrogen and oxygen atoms in total. The Hall–Kier alpha value is -1.59. The molecule has 1 aliphatic rings. The molecule has 2 aromatic heterocycles. The van der Waals surface area contributed by atoms with Gasteiger partial charge in [0.05, 0.1) is 0 Å². The summed E-state index contributed by atoms with van der Waals surface area (Å²) in [6, 6.07) is 0.493. The molecule has 2 aromatic rings. The van der Waals surface area contributed by atoms with Crippen molar-refractivity contribution in [1.82, 2.24) is 20.3 Å². The Labute approximate surface area is 110 Å². The molecule has 0 saturated heterocycles. The Kier molecular flexibility index (Phi) is 3.17. The third-order valence-electron chi connectivity index (χ3n) is 2.96. The van der Waals surface area contributed by atoms with Gasteiger partial charge in [-0.2, -0.15) is 0 Å². The third kappa shape index (κ3) is 2.32. The van der Waals surface area contributed by atoms with Crippen molar-refractivity contribution in [2.24, 2.45) is 0 Å². The number of rotatable bonds is 2. The van der Waals surface area contributed by atoms with Crippen LogP contribution < -0.4 is 5.32 Å². The van der Waals surface area contributed by atoms with Gasteiger partial charge in [-0.15, -0.1) is 11.3 Å². The molecule has 1 N–H and O–H groups in total. The summed E-state index contributed by atoms with van der Waals surface area (Å²) < 4.78 is 0. The van der Waals surface area contributed by atoms with Gasteiger partial charge in [-0.05, 0) is 18.9 Å². The summed E-state index contributed by atoms with van der Waals surface area (Å²) in [5.41, 5.74) is 2.21. The molecule has 5 heteroatoms. The molecule has 0 aromatic carbocycles. The first-order chi connectivity index (χ1) is 8.83. The summed E-state index contributed by atoms with van der Waals surface area (Å²) in [6.07, 6.45) is 8.66. The largest absolute Gasteiger partial charge is 0.310 e. The van der Waals surface area contributed by atoms with Crippen LogP contribution in [0.4, 0.5) is 0 Å². The van der Waals surface area contributed by atoms with Crippen molar-refractivity contribution in [2.45, 2.75) is 19.4 Å². The Morgan fingerprint density at radius 1 is 1.28 bits per heavy atom. The molecule has 1 atom stereocenters. The van der Waals surface area contributed by atoms with Crippen LogP contribution in [0.5, 0.6) is 0 Å². The molecule has 92 valence electrons. The summed E-state index contributed by atoms with van der Waals surface area (Å²) in [7, 11) is 0. The van der Waals surface area contributed by atoms with E-state index in [9.17, 15) is 0 Å². The van der Waals surface area contributed by atoms with Gasteiger partial charge in [-0.25, -0.2) is 15.0 Å². The lowest BCUT2D eigenvalue weighted by molar-refractivity contribution is 0.577. The van der Waals surface area contributed by atoms with Crippen molar-refractivity contribution >= 4 is 16.9 Å². The van der Waals surface area contributed by atoms with Gasteiger partial charge in [0.2, 0.25) is 0 Å². The molecule has 0 radical (unpaired) electrons. The van der Waals surface area contributed by atoms with Crippen LogP contribution in [0.2, 0.25) is 0 Å². The second-order valence-electron chi connectivity index (χ2n) is 4.38. The van der Waals surface area contributed by atoms with E-state index in [1.165, 1.54) is 5.57 Å². The Balaban J connectivity index is 1.85. The summed E-state index contributed by atoms with van der Waals surface area (Å²) in [5, 5.41) is 6.30. The maximum absolute atomic E-state index is 4.45. The van der Waals surface area contributed by atoms with Crippen molar-refractivity contribution in [3.05, 3.63) is 35.9 Å². The lowest BCUT2D eigenvalue weighted by Crippen LogP contribution is -2.30. The van der Waals surface area contributed by atoms with Crippen molar-refractivity contribution in [2.75, 3.05) is 6.54 Å². The lowest BCUT2D eigenvalue weighted by Gasteiger charge is -2.19. The summed E-state index contributed by atoms with van der Waals surface area (Å²) in [5.74, 6) is 0.837. The Bertz CT molecular complexity index is 545. The van der Waals surface area contributed by atoms with Crippen LogP contribution in [0, 0.1) is 0 Å². The van der Waals surface area contributed by atoms with E-state index in [1.54, 1.807) is 17.5 Å². The minimum absolute atomic E-state index is 0.493. The molecule has 0 aliphatic carbocycles. The molecular weight excluding hydrogens is 244 g/mol. The lowest BCUT2D eigenvalue weighted by atomic mass is 10.0. The molecule has 0 bridgehead atoms. The zero-order valence-corrected chi connectivity index (χ0v) is 10.9. The molecule has 18 heavy (non-hydrogen) atoms. The van der Waals surface area contributed by atoms with E-state index in [-0.39, 0.29) is 0 Å². The van der Waals surface area contributed by atoms with Crippen LogP contribution in [0.3, 0.4) is 0 Å². The number of aromatic nitrogens is 3. The topological polar surface area (TPSA) is 50.7 Å². The van der Waals surface area contributed by atoms with E-state index in [0.717, 1.165) is 29.4 Å². The van der Waals surface area contributed by atoms with Gasteiger partial charge in [0.1, 0.15) is 5.01 Å². The minimum atomic E-state index is 0.493. The Morgan fingerprint density at radius 2 is 2.11 bits per heavy atom. The van der Waals surface area contributed by atoms with Gasteiger partial charge >= 0.3 is 0 Å². The highest BCUT2D eigenvalue weighted by Gasteiger charge is 2.14. The van der Waals surface area contributed by atoms with Gasteiger partial charge in [0.15, 0.2) is 5.82 Å². The summed E-state index contributed by atoms with van der Waals surface area (Å²) in [4.78, 5) is 13.2. The maximum Gasteiger partial charge on any atom is 0.154 e. The normalized spacial score (nSPS) is 19.6. The van der Waals surface area contributed by atoms with Gasteiger partial charge < -0.3 is 5.32 Å². The number of hydrogen-bond donors (Lipinski definition) is 1. The van der Waals surface area contributed by atoms with E-state index >= 15 is 0 Å². The van der Waals surface area contributed by atoms with Crippen LogP contribution in [0.15, 0.2) is 30.0 Å². The number of thiazole rings is 1. The second kappa shape index (κ2) is 4.96. The van der Waals surface area contributed by atoms with E-state index in [1.807, 2.05) is 17.8 Å². The Morgan fingerprint density at radius 3 is 2.78 bits per heavy atom. The number of nitrogens with one attached hydrogen (secondary N) is 1. The van der Waals surface area contributed by atoms with Crippen molar-refractivity contribution < 1.29 is 0 Å². The first-order valence-corrected chi connectivity index (χ1v) is 6.85. The minimum Gasteiger partial charge on any atom is -0.310 e. The fourth-order valence-corrected chi connectivity index (χ4v) is 2.64. The SMILES string of the molecule is C[C@H]1CC(c2ncc(-c3nccs3)cn2)=CCN1. The van der Waals surface area contributed by atoms with E-state index in [0.29, 0.717) is 6.04 Å². The van der Waals surface area contributed by atoms with Crippen molar-refractivity contribution in [3.8, 4) is 10.6 Å². The first kappa shape index (κ1) is 11.5. The zero-order valence-electron chi connectivity index (χ0n) is 10.1. The van der Waals surface area contributed by atoms with E-state index < -0.39 is 0 Å². The standard InChI is InChI=1S/C13H14N4S/c1-9-6-10(2-3-14-9)12-16-7-11(8-17-12)13-15-4-5-18-13/h2,4-5,7-9,14H,3,6H2,1H3/t9-/m0/s1. The van der Waals surface area contributed by atoms with Crippen LogP contribution in [-0.4, -0.2) is 27.5 Å². The van der Waals surface area contributed by atoms with Crippen molar-refractivity contribution in [3.63, 3.8) is 0 Å². The molecule has 3 rings (SSSR count). The van der Waals surface area contributed by atoms with Crippen LogP contribution in [0.25, 0.3) is 16.1 Å². The number of nitrogens with zero attached hydrogens (tertiary/aromatic N) is 3. The fraction of sp³-hybridized carbons (Fsp3) is 0.308. The predicted molar refractivity (Wildman–Crippen MR) is 73.2 cm³/mol. The quantitative estimate of drug-likeness (QED) is 0.898. The predicted octanol–water partition coefficient (Wildman–Crippen LogP) is 2.37. The molecule has 3 heterocycles. The second-order valence-corrected chi connectivity index (χ2v) is 5.27. The fourth-order valence-electron chi connectivity index (χ4n) is 2.02. The van der Waals surface area contributed by atoms with E-state index in [2.05, 4.69) is 33.3 Å². The molecular formula is C13H14N4S. The highest BCUT2D eigenvalue weighted by Crippen LogP contribution is 2.23. The molecule has 0 saturated carbocycles.